The lowest BCUT2D eigenvalue weighted by atomic mass is 10.1. The molecule has 0 saturated heterocycles. The molecule has 2 rings (SSSR count). The zero-order chi connectivity index (χ0) is 16.0. The van der Waals surface area contributed by atoms with Crippen LogP contribution in [-0.4, -0.2) is 25.6 Å². The van der Waals surface area contributed by atoms with Crippen molar-refractivity contribution in [2.75, 3.05) is 13.6 Å². The van der Waals surface area contributed by atoms with Crippen LogP contribution in [0, 0.1) is 0 Å². The van der Waals surface area contributed by atoms with Gasteiger partial charge in [0.1, 0.15) is 0 Å². The van der Waals surface area contributed by atoms with Crippen LogP contribution in [0.1, 0.15) is 24.0 Å². The fourth-order valence-electron chi connectivity index (χ4n) is 2.31. The molecule has 1 aliphatic carbocycles. The molecule has 0 spiro atoms. The summed E-state index contributed by atoms with van der Waals surface area (Å²) < 4.78 is 37.4. The highest BCUT2D eigenvalue weighted by Crippen LogP contribution is 2.29. The molecule has 0 bridgehead atoms. The van der Waals surface area contributed by atoms with E-state index in [-0.39, 0.29) is 0 Å². The Morgan fingerprint density at radius 3 is 2.36 bits per heavy atom. The molecule has 0 amide bonds. The van der Waals surface area contributed by atoms with Crippen molar-refractivity contribution in [3.05, 3.63) is 47.5 Å². The van der Waals surface area contributed by atoms with E-state index in [0.717, 1.165) is 36.5 Å². The maximum Gasteiger partial charge on any atom is 0.416 e. The van der Waals surface area contributed by atoms with E-state index in [1.807, 2.05) is 0 Å². The Hall–Kier alpha value is -1.98. The van der Waals surface area contributed by atoms with E-state index in [1.54, 1.807) is 7.05 Å². The van der Waals surface area contributed by atoms with Crippen LogP contribution >= 0.6 is 0 Å². The Kier molecular flexibility index (Phi) is 5.46. The van der Waals surface area contributed by atoms with E-state index in [1.165, 1.54) is 12.1 Å². The van der Waals surface area contributed by atoms with Crippen molar-refractivity contribution in [1.82, 2.24) is 10.6 Å². The highest BCUT2D eigenvalue weighted by Gasteiger charge is 2.29. The molecule has 120 valence electrons. The number of hydrogen-bond acceptors (Lipinski definition) is 1. The van der Waals surface area contributed by atoms with Crippen LogP contribution in [0.15, 0.2) is 41.4 Å². The smallest absolute Gasteiger partial charge is 0.356 e. The maximum absolute atomic E-state index is 12.5. The van der Waals surface area contributed by atoms with Crippen molar-refractivity contribution >= 4 is 5.96 Å². The van der Waals surface area contributed by atoms with E-state index in [2.05, 4.69) is 27.8 Å². The quantitative estimate of drug-likeness (QED) is 0.509. The number of rotatable bonds is 4. The minimum absolute atomic E-state index is 0.372. The van der Waals surface area contributed by atoms with Gasteiger partial charge < -0.3 is 10.6 Å². The Labute approximate surface area is 128 Å². The molecule has 0 fully saturated rings. The molecule has 0 aliphatic heterocycles. The van der Waals surface area contributed by atoms with Gasteiger partial charge in [-0.25, -0.2) is 0 Å². The highest BCUT2D eigenvalue weighted by atomic mass is 19.4. The van der Waals surface area contributed by atoms with Crippen LogP contribution in [0.2, 0.25) is 0 Å². The minimum Gasteiger partial charge on any atom is -0.356 e. The Morgan fingerprint density at radius 1 is 1.18 bits per heavy atom. The van der Waals surface area contributed by atoms with Crippen LogP contribution in [0.3, 0.4) is 0 Å². The standard InChI is InChI=1S/C16H20F3N3/c1-20-15(22-14-4-2-3-5-14)21-11-10-12-6-8-13(9-7-12)16(17,18)19/h2-3,6-9,14H,4-5,10-11H2,1H3,(H2,20,21,22). The number of halogens is 3. The highest BCUT2D eigenvalue weighted by molar-refractivity contribution is 5.80. The van der Waals surface area contributed by atoms with Crippen LogP contribution in [-0.2, 0) is 12.6 Å². The van der Waals surface area contributed by atoms with E-state index in [9.17, 15) is 13.2 Å². The normalized spacial score (nSPS) is 16.1. The van der Waals surface area contributed by atoms with Crippen molar-refractivity contribution in [3.63, 3.8) is 0 Å². The van der Waals surface area contributed by atoms with E-state index in [4.69, 9.17) is 0 Å². The number of hydrogen-bond donors (Lipinski definition) is 2. The molecule has 0 heterocycles. The molecule has 1 aromatic rings. The molecule has 0 atom stereocenters. The molecule has 22 heavy (non-hydrogen) atoms. The van der Waals surface area contributed by atoms with Gasteiger partial charge in [-0.3, -0.25) is 4.99 Å². The van der Waals surface area contributed by atoms with Gasteiger partial charge in [0.25, 0.3) is 0 Å². The van der Waals surface area contributed by atoms with Crippen molar-refractivity contribution in [2.45, 2.75) is 31.5 Å². The lowest BCUT2D eigenvalue weighted by molar-refractivity contribution is -0.137. The third-order valence-corrected chi connectivity index (χ3v) is 3.56. The molecule has 1 aliphatic rings. The predicted molar refractivity (Wildman–Crippen MR) is 81.8 cm³/mol. The minimum atomic E-state index is -4.28. The van der Waals surface area contributed by atoms with Gasteiger partial charge in [-0.2, -0.15) is 13.2 Å². The zero-order valence-electron chi connectivity index (χ0n) is 12.5. The number of alkyl halides is 3. The summed E-state index contributed by atoms with van der Waals surface area (Å²) >= 11 is 0. The third kappa shape index (κ3) is 4.79. The van der Waals surface area contributed by atoms with Gasteiger partial charge >= 0.3 is 6.18 Å². The number of aliphatic imine (C=N–C) groups is 1. The van der Waals surface area contributed by atoms with Crippen LogP contribution in [0.5, 0.6) is 0 Å². The average molecular weight is 311 g/mol. The topological polar surface area (TPSA) is 36.4 Å². The second kappa shape index (κ2) is 7.33. The Morgan fingerprint density at radius 2 is 1.82 bits per heavy atom. The van der Waals surface area contributed by atoms with E-state index in [0.29, 0.717) is 19.0 Å². The van der Waals surface area contributed by atoms with Crippen LogP contribution in [0.4, 0.5) is 13.2 Å². The van der Waals surface area contributed by atoms with Gasteiger partial charge in [0, 0.05) is 19.6 Å². The maximum atomic E-state index is 12.5. The molecule has 0 aromatic heterocycles. The van der Waals surface area contributed by atoms with Gasteiger partial charge in [0.15, 0.2) is 5.96 Å². The molecule has 6 heteroatoms. The zero-order valence-corrected chi connectivity index (χ0v) is 12.5. The van der Waals surface area contributed by atoms with Gasteiger partial charge in [-0.15, -0.1) is 0 Å². The molecule has 0 radical (unpaired) electrons. The molecular weight excluding hydrogens is 291 g/mol. The van der Waals surface area contributed by atoms with Crippen LogP contribution in [0.25, 0.3) is 0 Å². The second-order valence-electron chi connectivity index (χ2n) is 5.23. The molecular formula is C16H20F3N3. The average Bonchev–Trinajstić information content (AvgIpc) is 2.99. The number of nitrogens with one attached hydrogen (secondary N) is 2. The summed E-state index contributed by atoms with van der Waals surface area (Å²) in [5, 5.41) is 6.49. The third-order valence-electron chi connectivity index (χ3n) is 3.56. The molecule has 0 unspecified atom stereocenters. The summed E-state index contributed by atoms with van der Waals surface area (Å²) in [5.74, 6) is 0.723. The second-order valence-corrected chi connectivity index (χ2v) is 5.23. The van der Waals surface area contributed by atoms with Gasteiger partial charge in [-0.05, 0) is 37.0 Å². The predicted octanol–water partition coefficient (Wildman–Crippen LogP) is 3.13. The van der Waals surface area contributed by atoms with Crippen molar-refractivity contribution in [1.29, 1.82) is 0 Å². The summed E-state index contributed by atoms with van der Waals surface area (Å²) in [4.78, 5) is 4.15. The molecule has 3 nitrogen and oxygen atoms in total. The first-order valence-corrected chi connectivity index (χ1v) is 7.27. The number of nitrogens with zero attached hydrogens (tertiary/aromatic N) is 1. The summed E-state index contributed by atoms with van der Waals surface area (Å²) in [5.41, 5.74) is 0.244. The van der Waals surface area contributed by atoms with Gasteiger partial charge in [0.2, 0.25) is 0 Å². The van der Waals surface area contributed by atoms with E-state index >= 15 is 0 Å². The number of benzene rings is 1. The summed E-state index contributed by atoms with van der Waals surface area (Å²) in [6, 6.07) is 5.64. The number of guanidine groups is 1. The van der Waals surface area contributed by atoms with Crippen molar-refractivity contribution in [2.24, 2.45) is 4.99 Å². The summed E-state index contributed by atoms with van der Waals surface area (Å²) in [6.45, 7) is 0.616. The summed E-state index contributed by atoms with van der Waals surface area (Å²) in [6.07, 6.45) is 2.60. The SMILES string of the molecule is CN=C(NCCc1ccc(C(F)(F)F)cc1)NC1CC=CC1. The van der Waals surface area contributed by atoms with Crippen LogP contribution < -0.4 is 10.6 Å². The first kappa shape index (κ1) is 16.4. The van der Waals surface area contributed by atoms with Gasteiger partial charge in [-0.1, -0.05) is 24.3 Å². The molecule has 0 saturated carbocycles. The van der Waals surface area contributed by atoms with Crippen molar-refractivity contribution in [3.8, 4) is 0 Å². The fraction of sp³-hybridized carbons (Fsp3) is 0.438. The molecule has 1 aromatic carbocycles. The monoisotopic (exact) mass is 311 g/mol. The molecule has 2 N–H and O–H groups in total. The lowest BCUT2D eigenvalue weighted by Crippen LogP contribution is -2.43. The Bertz CT molecular complexity index is 525. The van der Waals surface area contributed by atoms with E-state index < -0.39 is 11.7 Å². The largest absolute Gasteiger partial charge is 0.416 e. The lowest BCUT2D eigenvalue weighted by Gasteiger charge is -2.17. The first-order valence-electron chi connectivity index (χ1n) is 7.27. The first-order chi connectivity index (χ1) is 10.5. The fourth-order valence-corrected chi connectivity index (χ4v) is 2.31. The van der Waals surface area contributed by atoms with Gasteiger partial charge in [0.05, 0.1) is 5.56 Å². The summed E-state index contributed by atoms with van der Waals surface area (Å²) in [7, 11) is 1.70. The van der Waals surface area contributed by atoms with Crippen molar-refractivity contribution < 1.29 is 13.2 Å². The Balaban J connectivity index is 1.77.